The molecule has 0 aliphatic carbocycles. The Balaban J connectivity index is 2.60. The van der Waals surface area contributed by atoms with Gasteiger partial charge in [0.05, 0.1) is 5.69 Å². The predicted molar refractivity (Wildman–Crippen MR) is 60.7 cm³/mol. The van der Waals surface area contributed by atoms with Gasteiger partial charge in [-0.2, -0.15) is 0 Å². The van der Waals surface area contributed by atoms with Gasteiger partial charge in [-0.3, -0.25) is 0 Å². The minimum absolute atomic E-state index is 0.893. The maximum Gasteiger partial charge on any atom is 0.0555 e. The van der Waals surface area contributed by atoms with Crippen LogP contribution in [-0.2, 0) is 6.42 Å². The van der Waals surface area contributed by atoms with Crippen molar-refractivity contribution in [3.8, 4) is 0 Å². The summed E-state index contributed by atoms with van der Waals surface area (Å²) in [7, 11) is 2.11. The molecule has 0 saturated carbocycles. The number of hydrogen-bond donors (Lipinski definition) is 0. The maximum atomic E-state index is 6.13. The molecule has 0 amide bonds. The topological polar surface area (TPSA) is 3.24 Å². The van der Waals surface area contributed by atoms with Crippen molar-refractivity contribution < 1.29 is 0 Å². The van der Waals surface area contributed by atoms with E-state index in [-0.39, 0.29) is 0 Å². The van der Waals surface area contributed by atoms with Crippen LogP contribution in [0.15, 0.2) is 16.6 Å². The molecule has 1 heterocycles. The van der Waals surface area contributed by atoms with Crippen LogP contribution in [0.3, 0.4) is 0 Å². The Morgan fingerprint density at radius 3 is 2.92 bits per heavy atom. The van der Waals surface area contributed by atoms with E-state index >= 15 is 0 Å². The van der Waals surface area contributed by atoms with Crippen molar-refractivity contribution in [3.63, 3.8) is 0 Å². The highest BCUT2D eigenvalue weighted by Gasteiger charge is 2.18. The summed E-state index contributed by atoms with van der Waals surface area (Å²) in [4.78, 5) is 2.26. The largest absolute Gasteiger partial charge is 0.373 e. The van der Waals surface area contributed by atoms with Crippen LogP contribution in [0, 0.1) is 0 Å². The lowest BCUT2D eigenvalue weighted by Crippen LogP contribution is -2.25. The van der Waals surface area contributed by atoms with Crippen LogP contribution < -0.4 is 4.90 Å². The zero-order valence-corrected chi connectivity index (χ0v) is 9.82. The smallest absolute Gasteiger partial charge is 0.0555 e. The molecule has 13 heavy (non-hydrogen) atoms. The summed E-state index contributed by atoms with van der Waals surface area (Å²) in [6.07, 6.45) is 2.29. The van der Waals surface area contributed by atoms with Gasteiger partial charge in [0.1, 0.15) is 0 Å². The first-order chi connectivity index (χ1) is 6.20. The Hall–Kier alpha value is -0.210. The van der Waals surface area contributed by atoms with E-state index < -0.39 is 0 Å². The molecule has 1 aliphatic rings. The molecule has 0 spiro atoms. The van der Waals surface area contributed by atoms with Crippen molar-refractivity contribution in [1.82, 2.24) is 0 Å². The average Bonchev–Trinajstić information content (AvgIpc) is 2.12. The third kappa shape index (κ3) is 1.57. The highest BCUT2D eigenvalue weighted by atomic mass is 79.9. The van der Waals surface area contributed by atoms with Gasteiger partial charge in [-0.1, -0.05) is 11.6 Å². The third-order valence-corrected chi connectivity index (χ3v) is 3.47. The second kappa shape index (κ2) is 3.50. The first kappa shape index (κ1) is 9.35. The summed E-state index contributed by atoms with van der Waals surface area (Å²) in [5.41, 5.74) is 2.54. The molecular formula is C10H11BrClN. The van der Waals surface area contributed by atoms with E-state index in [1.165, 1.54) is 17.7 Å². The van der Waals surface area contributed by atoms with Gasteiger partial charge in [0, 0.05) is 23.1 Å². The molecule has 0 N–H and O–H groups in total. The van der Waals surface area contributed by atoms with Crippen LogP contribution in [0.2, 0.25) is 5.02 Å². The number of fused-ring (bicyclic) bond motifs is 1. The molecule has 3 heteroatoms. The first-order valence-corrected chi connectivity index (χ1v) is 5.55. The van der Waals surface area contributed by atoms with Crippen LogP contribution in [0.1, 0.15) is 12.0 Å². The predicted octanol–water partition coefficient (Wildman–Crippen LogP) is 3.48. The lowest BCUT2D eigenvalue weighted by Gasteiger charge is -2.29. The van der Waals surface area contributed by atoms with Gasteiger partial charge in [0.2, 0.25) is 0 Å². The van der Waals surface area contributed by atoms with Crippen LogP contribution in [-0.4, -0.2) is 13.6 Å². The summed E-state index contributed by atoms with van der Waals surface area (Å²) >= 11 is 9.69. The number of hydrogen-bond acceptors (Lipinski definition) is 1. The standard InChI is InChI=1S/C10H11BrClN/c1-13-6-2-3-7-9(12)5-4-8(11)10(7)13/h4-5H,2-3,6H2,1H3. The van der Waals surface area contributed by atoms with E-state index in [1.807, 2.05) is 12.1 Å². The van der Waals surface area contributed by atoms with Crippen LogP contribution in [0.25, 0.3) is 0 Å². The SMILES string of the molecule is CN1CCCc2c(Cl)ccc(Br)c21. The summed E-state index contributed by atoms with van der Waals surface area (Å²) in [5.74, 6) is 0. The molecule has 0 fully saturated rings. The van der Waals surface area contributed by atoms with Crippen molar-refractivity contribution in [2.24, 2.45) is 0 Å². The first-order valence-electron chi connectivity index (χ1n) is 4.38. The van der Waals surface area contributed by atoms with Crippen LogP contribution >= 0.6 is 27.5 Å². The Kier molecular flexibility index (Phi) is 2.52. The van der Waals surface area contributed by atoms with Gasteiger partial charge in [-0.25, -0.2) is 0 Å². The highest BCUT2D eigenvalue weighted by molar-refractivity contribution is 9.10. The van der Waals surface area contributed by atoms with Gasteiger partial charge >= 0.3 is 0 Å². The molecule has 1 aromatic carbocycles. The molecule has 0 radical (unpaired) electrons. The molecule has 1 aliphatic heterocycles. The second-order valence-corrected chi connectivity index (χ2v) is 4.64. The van der Waals surface area contributed by atoms with E-state index in [0.29, 0.717) is 0 Å². The van der Waals surface area contributed by atoms with E-state index in [2.05, 4.69) is 27.9 Å². The minimum atomic E-state index is 0.893. The van der Waals surface area contributed by atoms with E-state index in [1.54, 1.807) is 0 Å². The molecule has 0 atom stereocenters. The van der Waals surface area contributed by atoms with Crippen molar-refractivity contribution >= 4 is 33.2 Å². The van der Waals surface area contributed by atoms with Gasteiger partial charge in [-0.05, 0) is 46.5 Å². The lowest BCUT2D eigenvalue weighted by atomic mass is 10.0. The monoisotopic (exact) mass is 259 g/mol. The minimum Gasteiger partial charge on any atom is -0.373 e. The van der Waals surface area contributed by atoms with Gasteiger partial charge in [-0.15, -0.1) is 0 Å². The molecule has 0 aromatic heterocycles. The second-order valence-electron chi connectivity index (χ2n) is 3.38. The molecule has 0 bridgehead atoms. The van der Waals surface area contributed by atoms with Crippen molar-refractivity contribution in [3.05, 3.63) is 27.2 Å². The summed E-state index contributed by atoms with van der Waals surface area (Å²) in [6, 6.07) is 3.98. The number of benzene rings is 1. The van der Waals surface area contributed by atoms with Crippen LogP contribution in [0.4, 0.5) is 5.69 Å². The van der Waals surface area contributed by atoms with Gasteiger partial charge in [0.15, 0.2) is 0 Å². The fourth-order valence-corrected chi connectivity index (χ4v) is 2.76. The number of rotatable bonds is 0. The quantitative estimate of drug-likeness (QED) is 0.690. The molecular weight excluding hydrogens is 249 g/mol. The normalized spacial score (nSPS) is 15.8. The van der Waals surface area contributed by atoms with Crippen molar-refractivity contribution in [2.45, 2.75) is 12.8 Å². The third-order valence-electron chi connectivity index (χ3n) is 2.48. The molecule has 1 aromatic rings. The van der Waals surface area contributed by atoms with E-state index in [4.69, 9.17) is 11.6 Å². The van der Waals surface area contributed by atoms with Gasteiger partial charge in [0.25, 0.3) is 0 Å². The van der Waals surface area contributed by atoms with E-state index in [0.717, 1.165) is 22.5 Å². The fourth-order valence-electron chi connectivity index (χ4n) is 1.84. The summed E-state index contributed by atoms with van der Waals surface area (Å²) < 4.78 is 1.15. The van der Waals surface area contributed by atoms with Crippen molar-refractivity contribution in [2.75, 3.05) is 18.5 Å². The van der Waals surface area contributed by atoms with Gasteiger partial charge < -0.3 is 4.90 Å². The zero-order valence-electron chi connectivity index (χ0n) is 7.48. The maximum absolute atomic E-state index is 6.13. The summed E-state index contributed by atoms with van der Waals surface area (Å²) in [5, 5.41) is 0.893. The Bertz CT molecular complexity index is 338. The Morgan fingerprint density at radius 2 is 2.23 bits per heavy atom. The Morgan fingerprint density at radius 1 is 1.46 bits per heavy atom. The molecule has 1 nitrogen and oxygen atoms in total. The van der Waals surface area contributed by atoms with E-state index in [9.17, 15) is 0 Å². The molecule has 70 valence electrons. The highest BCUT2D eigenvalue weighted by Crippen LogP contribution is 2.37. The fraction of sp³-hybridized carbons (Fsp3) is 0.400. The summed E-state index contributed by atoms with van der Waals surface area (Å²) in [6.45, 7) is 1.12. The molecule has 2 rings (SSSR count). The Labute approximate surface area is 91.8 Å². The van der Waals surface area contributed by atoms with Crippen LogP contribution in [0.5, 0.6) is 0 Å². The molecule has 0 saturated heterocycles. The zero-order chi connectivity index (χ0) is 9.42. The molecule has 0 unspecified atom stereocenters. The van der Waals surface area contributed by atoms with Crippen molar-refractivity contribution in [1.29, 1.82) is 0 Å². The number of nitrogens with zero attached hydrogens (tertiary/aromatic N) is 1. The average molecular weight is 261 g/mol. The lowest BCUT2D eigenvalue weighted by molar-refractivity contribution is 0.743. The number of anilines is 1. The number of halogens is 2.